The Morgan fingerprint density at radius 1 is 1.27 bits per heavy atom. The molecule has 1 fully saturated rings. The molecule has 0 N–H and O–H groups in total. The fourth-order valence-corrected chi connectivity index (χ4v) is 4.71. The first kappa shape index (κ1) is 20.3. The van der Waals surface area contributed by atoms with E-state index in [1.165, 1.54) is 23.8 Å². The molecule has 0 amide bonds. The lowest BCUT2D eigenvalue weighted by Crippen LogP contribution is -2.37. The van der Waals surface area contributed by atoms with Gasteiger partial charge in [-0.2, -0.15) is 0 Å². The van der Waals surface area contributed by atoms with Gasteiger partial charge < -0.3 is 18.8 Å². The van der Waals surface area contributed by atoms with Crippen molar-refractivity contribution < 1.29 is 23.5 Å². The number of carbonyl (C=O) groups excluding carboxylic acids is 2. The summed E-state index contributed by atoms with van der Waals surface area (Å²) in [4.78, 5) is 37.6. The lowest BCUT2D eigenvalue weighted by Gasteiger charge is -2.32. The first-order valence-corrected chi connectivity index (χ1v) is 10.6. The van der Waals surface area contributed by atoms with Gasteiger partial charge in [-0.05, 0) is 38.3 Å². The number of hydrogen-bond donors (Lipinski definition) is 0. The number of esters is 2. The predicted molar refractivity (Wildman–Crippen MR) is 112 cm³/mol. The Morgan fingerprint density at radius 3 is 2.77 bits per heavy atom. The third-order valence-corrected chi connectivity index (χ3v) is 6.68. The van der Waals surface area contributed by atoms with Crippen LogP contribution < -0.4 is 4.90 Å². The summed E-state index contributed by atoms with van der Waals surface area (Å²) < 4.78 is 15.2. The molecule has 0 aromatic carbocycles. The number of piperidine rings is 1. The van der Waals surface area contributed by atoms with Gasteiger partial charge in [-0.15, -0.1) is 11.3 Å². The summed E-state index contributed by atoms with van der Waals surface area (Å²) in [6, 6.07) is 1.60. The summed E-state index contributed by atoms with van der Waals surface area (Å²) >= 11 is 1.68. The van der Waals surface area contributed by atoms with Crippen LogP contribution >= 0.6 is 11.3 Å². The van der Waals surface area contributed by atoms with Crippen molar-refractivity contribution in [1.29, 1.82) is 0 Å². The van der Waals surface area contributed by atoms with Crippen LogP contribution in [0.5, 0.6) is 0 Å². The summed E-state index contributed by atoms with van der Waals surface area (Å²) in [5, 5.41) is 1.11. The standard InChI is InChI=1S/C21H23N3O5S/c1-12-13(2)30-19-16(12)18(22-11-23-19)24-7-4-14(5-8-24)20(25)29-10-15-6-9-28-17(15)21(26)27-3/h6,9,11,14H,4-5,7-8,10H2,1-3H3. The molecule has 0 bridgehead atoms. The molecule has 0 aliphatic carbocycles. The van der Waals surface area contributed by atoms with Crippen molar-refractivity contribution in [2.45, 2.75) is 33.3 Å². The van der Waals surface area contributed by atoms with E-state index in [0.717, 1.165) is 29.1 Å². The second-order valence-corrected chi connectivity index (χ2v) is 8.50. The molecule has 8 nitrogen and oxygen atoms in total. The van der Waals surface area contributed by atoms with Crippen LogP contribution in [0.4, 0.5) is 5.82 Å². The predicted octanol–water partition coefficient (Wildman–Crippen LogP) is 3.65. The van der Waals surface area contributed by atoms with Crippen LogP contribution in [0.2, 0.25) is 0 Å². The quantitative estimate of drug-likeness (QED) is 0.567. The topological polar surface area (TPSA) is 94.8 Å². The van der Waals surface area contributed by atoms with E-state index in [1.54, 1.807) is 23.7 Å². The smallest absolute Gasteiger partial charge is 0.374 e. The van der Waals surface area contributed by atoms with Gasteiger partial charge in [-0.25, -0.2) is 14.8 Å². The molecule has 3 aromatic heterocycles. The number of carbonyl (C=O) groups is 2. The number of anilines is 1. The number of aromatic nitrogens is 2. The fraction of sp³-hybridized carbons (Fsp3) is 0.429. The fourth-order valence-electron chi connectivity index (χ4n) is 3.72. The van der Waals surface area contributed by atoms with E-state index in [2.05, 4.69) is 33.5 Å². The second-order valence-electron chi connectivity index (χ2n) is 7.30. The van der Waals surface area contributed by atoms with Crippen LogP contribution in [0.25, 0.3) is 10.2 Å². The van der Waals surface area contributed by atoms with Crippen LogP contribution in [-0.2, 0) is 20.9 Å². The molecule has 1 aliphatic rings. The van der Waals surface area contributed by atoms with Gasteiger partial charge in [0.25, 0.3) is 0 Å². The zero-order valence-corrected chi connectivity index (χ0v) is 18.0. The van der Waals surface area contributed by atoms with Crippen molar-refractivity contribution in [3.8, 4) is 0 Å². The minimum atomic E-state index is -0.588. The molecule has 9 heteroatoms. The Hall–Kier alpha value is -2.94. The minimum absolute atomic E-state index is 0.0140. The maximum Gasteiger partial charge on any atom is 0.374 e. The SMILES string of the molecule is COC(=O)c1occc1COC(=O)C1CCN(c2ncnc3sc(C)c(C)c23)CC1. The average molecular weight is 429 g/mol. The van der Waals surface area contributed by atoms with Crippen molar-refractivity contribution in [3.63, 3.8) is 0 Å². The molecule has 30 heavy (non-hydrogen) atoms. The van der Waals surface area contributed by atoms with Crippen LogP contribution in [-0.4, -0.2) is 42.1 Å². The Kier molecular flexibility index (Phi) is 5.72. The zero-order valence-electron chi connectivity index (χ0n) is 17.1. The molecular weight excluding hydrogens is 406 g/mol. The Labute approximate surface area is 177 Å². The Bertz CT molecular complexity index is 1080. The van der Waals surface area contributed by atoms with Crippen LogP contribution in [0, 0.1) is 19.8 Å². The molecular formula is C21H23N3O5S. The molecule has 4 rings (SSSR count). The number of rotatable bonds is 5. The van der Waals surface area contributed by atoms with Gasteiger partial charge in [-0.1, -0.05) is 0 Å². The third kappa shape index (κ3) is 3.77. The molecule has 4 heterocycles. The van der Waals surface area contributed by atoms with Crippen LogP contribution in [0.15, 0.2) is 23.1 Å². The largest absolute Gasteiger partial charge is 0.463 e. The van der Waals surface area contributed by atoms with E-state index < -0.39 is 5.97 Å². The number of hydrogen-bond acceptors (Lipinski definition) is 9. The van der Waals surface area contributed by atoms with Crippen molar-refractivity contribution in [2.75, 3.05) is 25.1 Å². The van der Waals surface area contributed by atoms with Gasteiger partial charge in [0, 0.05) is 23.5 Å². The molecule has 158 valence electrons. The zero-order chi connectivity index (χ0) is 21.3. The number of thiophene rings is 1. The van der Waals surface area contributed by atoms with Gasteiger partial charge >= 0.3 is 11.9 Å². The summed E-state index contributed by atoms with van der Waals surface area (Å²) in [5.74, 6) is -0.0296. The van der Waals surface area contributed by atoms with Crippen molar-refractivity contribution >= 4 is 39.3 Å². The Balaban J connectivity index is 1.38. The van der Waals surface area contributed by atoms with E-state index in [0.29, 0.717) is 18.4 Å². The van der Waals surface area contributed by atoms with Gasteiger partial charge in [0.2, 0.25) is 5.76 Å². The highest BCUT2D eigenvalue weighted by atomic mass is 32.1. The number of furan rings is 1. The lowest BCUT2D eigenvalue weighted by atomic mass is 9.96. The third-order valence-electron chi connectivity index (χ3n) is 5.56. The molecule has 3 aromatic rings. The highest BCUT2D eigenvalue weighted by Gasteiger charge is 2.29. The van der Waals surface area contributed by atoms with E-state index >= 15 is 0 Å². The maximum absolute atomic E-state index is 12.5. The van der Waals surface area contributed by atoms with Crippen molar-refractivity contribution in [3.05, 3.63) is 40.4 Å². The van der Waals surface area contributed by atoms with Gasteiger partial charge in [0.05, 0.1) is 24.7 Å². The summed E-state index contributed by atoms with van der Waals surface area (Å²) in [6.07, 6.45) is 4.35. The Morgan fingerprint density at radius 2 is 2.03 bits per heavy atom. The number of nitrogens with zero attached hydrogens (tertiary/aromatic N) is 3. The van der Waals surface area contributed by atoms with Crippen LogP contribution in [0.3, 0.4) is 0 Å². The van der Waals surface area contributed by atoms with Crippen molar-refractivity contribution in [1.82, 2.24) is 9.97 Å². The highest BCUT2D eigenvalue weighted by Crippen LogP contribution is 2.35. The number of methoxy groups -OCH3 is 1. The number of fused-ring (bicyclic) bond motifs is 1. The second kappa shape index (κ2) is 8.43. The average Bonchev–Trinajstić information content (AvgIpc) is 3.36. The molecule has 0 saturated carbocycles. The van der Waals surface area contributed by atoms with Gasteiger partial charge in [0.1, 0.15) is 23.6 Å². The maximum atomic E-state index is 12.5. The number of aryl methyl sites for hydroxylation is 2. The van der Waals surface area contributed by atoms with E-state index in [4.69, 9.17) is 9.15 Å². The monoisotopic (exact) mass is 429 g/mol. The van der Waals surface area contributed by atoms with Gasteiger partial charge in [0.15, 0.2) is 0 Å². The van der Waals surface area contributed by atoms with Crippen molar-refractivity contribution in [2.24, 2.45) is 5.92 Å². The lowest BCUT2D eigenvalue weighted by molar-refractivity contribution is -0.150. The van der Waals surface area contributed by atoms with E-state index in [9.17, 15) is 9.59 Å². The highest BCUT2D eigenvalue weighted by molar-refractivity contribution is 7.18. The van der Waals surface area contributed by atoms with Gasteiger partial charge in [-0.3, -0.25) is 4.79 Å². The van der Waals surface area contributed by atoms with E-state index in [1.807, 2.05) is 0 Å². The van der Waals surface area contributed by atoms with E-state index in [-0.39, 0.29) is 24.3 Å². The molecule has 0 radical (unpaired) electrons. The first-order valence-electron chi connectivity index (χ1n) is 9.76. The van der Waals surface area contributed by atoms with Crippen LogP contribution in [0.1, 0.15) is 39.4 Å². The molecule has 0 spiro atoms. The summed E-state index contributed by atoms with van der Waals surface area (Å²) in [5.41, 5.74) is 1.72. The molecule has 1 saturated heterocycles. The minimum Gasteiger partial charge on any atom is -0.463 e. The molecule has 0 atom stereocenters. The molecule has 1 aliphatic heterocycles. The summed E-state index contributed by atoms with van der Waals surface area (Å²) in [6.45, 7) is 5.63. The normalized spacial score (nSPS) is 14.8. The summed E-state index contributed by atoms with van der Waals surface area (Å²) in [7, 11) is 1.28. The number of ether oxygens (including phenoxy) is 2. The molecule has 0 unspecified atom stereocenters. The first-order chi connectivity index (χ1) is 14.5.